The van der Waals surface area contributed by atoms with Crippen LogP contribution in [0.4, 0.5) is 0 Å². The van der Waals surface area contributed by atoms with Gasteiger partial charge in [0.05, 0.1) is 5.25 Å². The van der Waals surface area contributed by atoms with E-state index in [1.807, 2.05) is 0 Å². The van der Waals surface area contributed by atoms with E-state index in [2.05, 4.69) is 12.2 Å². The normalized spacial score (nSPS) is 29.3. The summed E-state index contributed by atoms with van der Waals surface area (Å²) in [6.45, 7) is 2.22. The monoisotopic (exact) mass is 287 g/mol. The van der Waals surface area contributed by atoms with Crippen LogP contribution in [0.25, 0.3) is 0 Å². The Labute approximate surface area is 116 Å². The third-order valence-corrected chi connectivity index (χ3v) is 6.68. The molecule has 1 amide bonds. The van der Waals surface area contributed by atoms with Crippen LogP contribution < -0.4 is 5.32 Å². The fourth-order valence-electron chi connectivity index (χ4n) is 3.22. The second kappa shape index (κ2) is 6.25. The molecule has 5 heteroatoms. The van der Waals surface area contributed by atoms with Crippen LogP contribution in [0.3, 0.4) is 0 Å². The molecule has 0 aromatic heterocycles. The van der Waals surface area contributed by atoms with Crippen molar-refractivity contribution in [3.63, 3.8) is 0 Å². The van der Waals surface area contributed by atoms with Crippen molar-refractivity contribution in [3.8, 4) is 0 Å². The van der Waals surface area contributed by atoms with Crippen molar-refractivity contribution >= 4 is 15.7 Å². The van der Waals surface area contributed by atoms with Crippen molar-refractivity contribution in [1.29, 1.82) is 0 Å². The molecule has 1 N–H and O–H groups in total. The first-order chi connectivity index (χ1) is 8.97. The van der Waals surface area contributed by atoms with Gasteiger partial charge in [-0.05, 0) is 44.4 Å². The van der Waals surface area contributed by atoms with Gasteiger partial charge in [0.1, 0.15) is 5.75 Å². The van der Waals surface area contributed by atoms with Crippen LogP contribution in [-0.4, -0.2) is 31.4 Å². The van der Waals surface area contributed by atoms with Crippen molar-refractivity contribution < 1.29 is 13.2 Å². The van der Waals surface area contributed by atoms with E-state index in [0.717, 1.165) is 57.3 Å². The lowest BCUT2D eigenvalue weighted by Gasteiger charge is -2.27. The van der Waals surface area contributed by atoms with Crippen molar-refractivity contribution in [2.24, 2.45) is 5.92 Å². The average Bonchev–Trinajstić information content (AvgIpc) is 2.85. The zero-order valence-electron chi connectivity index (χ0n) is 11.7. The van der Waals surface area contributed by atoms with Gasteiger partial charge in [0.2, 0.25) is 5.91 Å². The standard InChI is InChI=1S/C14H25NO3S/c1-11-6-8-12(9-7-11)15-14(16)10-19(17,18)13-4-2-3-5-13/h11-13H,2-10H2,1H3,(H,15,16). The zero-order chi connectivity index (χ0) is 13.9. The number of carbonyl (C=O) groups is 1. The molecule has 0 aromatic carbocycles. The van der Waals surface area contributed by atoms with Gasteiger partial charge < -0.3 is 5.32 Å². The first-order valence-electron chi connectivity index (χ1n) is 7.48. The van der Waals surface area contributed by atoms with E-state index >= 15 is 0 Å². The Hall–Kier alpha value is -0.580. The van der Waals surface area contributed by atoms with Gasteiger partial charge in [-0.15, -0.1) is 0 Å². The van der Waals surface area contributed by atoms with E-state index < -0.39 is 9.84 Å². The predicted molar refractivity (Wildman–Crippen MR) is 75.6 cm³/mol. The van der Waals surface area contributed by atoms with Crippen LogP contribution in [0.2, 0.25) is 0 Å². The van der Waals surface area contributed by atoms with Crippen LogP contribution in [0.15, 0.2) is 0 Å². The van der Waals surface area contributed by atoms with E-state index in [1.54, 1.807) is 0 Å². The maximum absolute atomic E-state index is 12.1. The summed E-state index contributed by atoms with van der Waals surface area (Å²) in [4.78, 5) is 11.9. The van der Waals surface area contributed by atoms with Crippen molar-refractivity contribution in [1.82, 2.24) is 5.32 Å². The highest BCUT2D eigenvalue weighted by Gasteiger charge is 2.31. The smallest absolute Gasteiger partial charge is 0.235 e. The Morgan fingerprint density at radius 3 is 2.21 bits per heavy atom. The van der Waals surface area contributed by atoms with Gasteiger partial charge >= 0.3 is 0 Å². The molecule has 2 aliphatic rings. The molecular formula is C14H25NO3S. The lowest BCUT2D eigenvalue weighted by molar-refractivity contribution is -0.119. The molecule has 0 saturated heterocycles. The van der Waals surface area contributed by atoms with Crippen LogP contribution in [-0.2, 0) is 14.6 Å². The fraction of sp³-hybridized carbons (Fsp3) is 0.929. The first kappa shape index (κ1) is 14.8. The minimum Gasteiger partial charge on any atom is -0.352 e. The Morgan fingerprint density at radius 2 is 1.63 bits per heavy atom. The van der Waals surface area contributed by atoms with Crippen molar-refractivity contribution in [2.75, 3.05) is 5.75 Å². The topological polar surface area (TPSA) is 63.2 Å². The molecule has 0 unspecified atom stereocenters. The van der Waals surface area contributed by atoms with Gasteiger partial charge in [-0.3, -0.25) is 4.79 Å². The molecule has 0 atom stereocenters. The van der Waals surface area contributed by atoms with Crippen LogP contribution in [0.5, 0.6) is 0 Å². The molecule has 0 radical (unpaired) electrons. The minimum atomic E-state index is -3.23. The second-order valence-electron chi connectivity index (χ2n) is 6.24. The van der Waals surface area contributed by atoms with Crippen molar-refractivity contribution in [2.45, 2.75) is 69.6 Å². The molecule has 2 saturated carbocycles. The Bertz CT molecular complexity index is 404. The molecule has 0 aliphatic heterocycles. The first-order valence-corrected chi connectivity index (χ1v) is 9.20. The lowest BCUT2D eigenvalue weighted by atomic mass is 9.87. The predicted octanol–water partition coefficient (Wildman–Crippen LogP) is 2.04. The summed E-state index contributed by atoms with van der Waals surface area (Å²) in [5.41, 5.74) is 0. The summed E-state index contributed by atoms with van der Waals surface area (Å²) in [6.07, 6.45) is 7.64. The number of rotatable bonds is 4. The van der Waals surface area contributed by atoms with Gasteiger partial charge in [-0.1, -0.05) is 19.8 Å². The SMILES string of the molecule is CC1CCC(NC(=O)CS(=O)(=O)C2CCCC2)CC1. The van der Waals surface area contributed by atoms with E-state index in [-0.39, 0.29) is 23.0 Å². The fourth-order valence-corrected chi connectivity index (χ4v) is 4.96. The molecule has 2 rings (SSSR count). The summed E-state index contributed by atoms with van der Waals surface area (Å²) in [7, 11) is -3.23. The number of sulfone groups is 1. The molecule has 0 spiro atoms. The third-order valence-electron chi connectivity index (χ3n) is 4.52. The molecule has 2 fully saturated rings. The quantitative estimate of drug-likeness (QED) is 0.860. The summed E-state index contributed by atoms with van der Waals surface area (Å²) >= 11 is 0. The molecule has 0 aromatic rings. The molecule has 19 heavy (non-hydrogen) atoms. The molecule has 2 aliphatic carbocycles. The highest BCUT2D eigenvalue weighted by Crippen LogP contribution is 2.26. The molecule has 110 valence electrons. The summed E-state index contributed by atoms with van der Waals surface area (Å²) in [6, 6.07) is 0.183. The highest BCUT2D eigenvalue weighted by atomic mass is 32.2. The van der Waals surface area contributed by atoms with Gasteiger partial charge in [0.15, 0.2) is 9.84 Å². The van der Waals surface area contributed by atoms with Gasteiger partial charge in [0.25, 0.3) is 0 Å². The number of hydrogen-bond donors (Lipinski definition) is 1. The second-order valence-corrected chi connectivity index (χ2v) is 8.52. The summed E-state index contributed by atoms with van der Waals surface area (Å²) < 4.78 is 24.2. The van der Waals surface area contributed by atoms with Crippen LogP contribution in [0, 0.1) is 5.92 Å². The molecule has 4 nitrogen and oxygen atoms in total. The lowest BCUT2D eigenvalue weighted by Crippen LogP contribution is -2.41. The minimum absolute atomic E-state index is 0.183. The van der Waals surface area contributed by atoms with E-state index in [0.29, 0.717) is 0 Å². The molecular weight excluding hydrogens is 262 g/mol. The Kier molecular flexibility index (Phi) is 4.87. The maximum Gasteiger partial charge on any atom is 0.235 e. The highest BCUT2D eigenvalue weighted by molar-refractivity contribution is 7.92. The van der Waals surface area contributed by atoms with Gasteiger partial charge in [-0.25, -0.2) is 8.42 Å². The van der Waals surface area contributed by atoms with Gasteiger partial charge in [-0.2, -0.15) is 0 Å². The average molecular weight is 287 g/mol. The summed E-state index contributed by atoms with van der Waals surface area (Å²) in [5, 5.41) is 2.63. The number of carbonyl (C=O) groups excluding carboxylic acids is 1. The van der Waals surface area contributed by atoms with Gasteiger partial charge in [0, 0.05) is 6.04 Å². The number of nitrogens with one attached hydrogen (secondary N) is 1. The number of hydrogen-bond acceptors (Lipinski definition) is 3. The summed E-state index contributed by atoms with van der Waals surface area (Å²) in [5.74, 6) is 0.116. The van der Waals surface area contributed by atoms with Crippen molar-refractivity contribution in [3.05, 3.63) is 0 Å². The van der Waals surface area contributed by atoms with Crippen LogP contribution in [0.1, 0.15) is 58.3 Å². The van der Waals surface area contributed by atoms with Crippen LogP contribution >= 0.6 is 0 Å². The number of amides is 1. The van der Waals surface area contributed by atoms with E-state index in [1.165, 1.54) is 0 Å². The third kappa shape index (κ3) is 4.20. The zero-order valence-corrected chi connectivity index (χ0v) is 12.5. The maximum atomic E-state index is 12.1. The van der Waals surface area contributed by atoms with E-state index in [9.17, 15) is 13.2 Å². The Balaban J connectivity index is 1.80. The van der Waals surface area contributed by atoms with E-state index in [4.69, 9.17) is 0 Å². The molecule has 0 bridgehead atoms. The molecule has 0 heterocycles. The largest absolute Gasteiger partial charge is 0.352 e. The Morgan fingerprint density at radius 1 is 1.05 bits per heavy atom.